The lowest BCUT2D eigenvalue weighted by Gasteiger charge is -2.10. The van der Waals surface area contributed by atoms with Crippen molar-refractivity contribution < 1.29 is 13.2 Å². The van der Waals surface area contributed by atoms with E-state index < -0.39 is 10.0 Å². The quantitative estimate of drug-likeness (QED) is 0.715. The fourth-order valence-corrected chi connectivity index (χ4v) is 2.52. The highest BCUT2D eigenvalue weighted by Gasteiger charge is 2.23. The second-order valence-corrected chi connectivity index (χ2v) is 5.17. The number of nitrogens with zero attached hydrogens (tertiary/aromatic N) is 2. The van der Waals surface area contributed by atoms with Gasteiger partial charge >= 0.3 is 0 Å². The number of rotatable bonds is 3. The van der Waals surface area contributed by atoms with Gasteiger partial charge < -0.3 is 10.5 Å². The van der Waals surface area contributed by atoms with Gasteiger partial charge in [-0.05, 0) is 6.42 Å². The lowest BCUT2D eigenvalue weighted by atomic mass is 10.3. The van der Waals surface area contributed by atoms with Crippen LogP contribution in [0.3, 0.4) is 0 Å². The van der Waals surface area contributed by atoms with Crippen molar-refractivity contribution in [2.75, 3.05) is 18.9 Å². The lowest BCUT2D eigenvalue weighted by molar-refractivity contribution is 0.192. The van der Waals surface area contributed by atoms with Crippen LogP contribution in [0.15, 0.2) is 17.3 Å². The van der Waals surface area contributed by atoms with Crippen molar-refractivity contribution in [2.45, 2.75) is 17.4 Å². The van der Waals surface area contributed by atoms with Crippen LogP contribution in [-0.4, -0.2) is 37.6 Å². The van der Waals surface area contributed by atoms with Crippen molar-refractivity contribution in [1.29, 1.82) is 0 Å². The van der Waals surface area contributed by atoms with Crippen LogP contribution in [-0.2, 0) is 14.8 Å². The van der Waals surface area contributed by atoms with Gasteiger partial charge in [0.1, 0.15) is 4.90 Å². The van der Waals surface area contributed by atoms with Crippen LogP contribution in [0.2, 0.25) is 0 Å². The van der Waals surface area contributed by atoms with Gasteiger partial charge in [-0.1, -0.05) is 0 Å². The average molecular weight is 244 g/mol. The van der Waals surface area contributed by atoms with Gasteiger partial charge in [0.15, 0.2) is 0 Å². The van der Waals surface area contributed by atoms with E-state index >= 15 is 0 Å². The number of anilines is 1. The van der Waals surface area contributed by atoms with Gasteiger partial charge in [0, 0.05) is 12.6 Å². The molecular formula is C8H12N4O3S. The second-order valence-electron chi connectivity index (χ2n) is 3.46. The minimum atomic E-state index is -3.57. The molecule has 1 atom stereocenters. The molecule has 2 heterocycles. The fourth-order valence-electron chi connectivity index (χ4n) is 1.38. The van der Waals surface area contributed by atoms with Crippen LogP contribution in [0.25, 0.3) is 0 Å². The highest BCUT2D eigenvalue weighted by molar-refractivity contribution is 7.89. The van der Waals surface area contributed by atoms with Crippen LogP contribution in [0.5, 0.6) is 0 Å². The van der Waals surface area contributed by atoms with E-state index in [1.165, 1.54) is 12.4 Å². The Labute approximate surface area is 93.1 Å². The SMILES string of the molecule is Nc1ncc(S(=O)(=O)NC2CCOC2)cn1. The zero-order valence-electron chi connectivity index (χ0n) is 8.46. The highest BCUT2D eigenvalue weighted by Crippen LogP contribution is 2.10. The minimum absolute atomic E-state index is 0.00796. The largest absolute Gasteiger partial charge is 0.380 e. The lowest BCUT2D eigenvalue weighted by Crippen LogP contribution is -2.35. The Balaban J connectivity index is 2.14. The van der Waals surface area contributed by atoms with Crippen molar-refractivity contribution in [1.82, 2.24) is 14.7 Å². The van der Waals surface area contributed by atoms with E-state index in [2.05, 4.69) is 14.7 Å². The smallest absolute Gasteiger partial charge is 0.243 e. The van der Waals surface area contributed by atoms with Crippen molar-refractivity contribution in [2.24, 2.45) is 0 Å². The third-order valence-electron chi connectivity index (χ3n) is 2.21. The maximum Gasteiger partial charge on any atom is 0.243 e. The van der Waals surface area contributed by atoms with Crippen LogP contribution in [0.1, 0.15) is 6.42 Å². The molecule has 0 saturated carbocycles. The molecular weight excluding hydrogens is 232 g/mol. The summed E-state index contributed by atoms with van der Waals surface area (Å²) >= 11 is 0. The normalized spacial score (nSPS) is 21.1. The number of hydrogen-bond acceptors (Lipinski definition) is 6. The molecule has 2 rings (SSSR count). The minimum Gasteiger partial charge on any atom is -0.380 e. The van der Waals surface area contributed by atoms with Crippen LogP contribution < -0.4 is 10.5 Å². The molecule has 1 fully saturated rings. The average Bonchev–Trinajstić information content (AvgIpc) is 2.70. The molecule has 1 aliphatic heterocycles. The Morgan fingerprint density at radius 1 is 1.44 bits per heavy atom. The number of nitrogens with two attached hydrogens (primary N) is 1. The molecule has 3 N–H and O–H groups in total. The van der Waals surface area contributed by atoms with Gasteiger partial charge in [-0.2, -0.15) is 0 Å². The molecule has 1 saturated heterocycles. The van der Waals surface area contributed by atoms with E-state index in [0.717, 1.165) is 0 Å². The molecule has 1 unspecified atom stereocenters. The molecule has 0 amide bonds. The first-order valence-electron chi connectivity index (χ1n) is 4.75. The summed E-state index contributed by atoms with van der Waals surface area (Å²) in [5.41, 5.74) is 5.28. The first kappa shape index (κ1) is 11.2. The van der Waals surface area contributed by atoms with E-state index in [1.54, 1.807) is 0 Å². The molecule has 0 aromatic carbocycles. The van der Waals surface area contributed by atoms with Crippen molar-refractivity contribution in [3.8, 4) is 0 Å². The standard InChI is InChI=1S/C8H12N4O3S/c9-8-10-3-7(4-11-8)16(13,14)12-6-1-2-15-5-6/h3-4,6,12H,1-2,5H2,(H2,9,10,11). The monoisotopic (exact) mass is 244 g/mol. The molecule has 8 heteroatoms. The van der Waals surface area contributed by atoms with E-state index in [0.29, 0.717) is 19.6 Å². The predicted molar refractivity (Wildman–Crippen MR) is 56.0 cm³/mol. The Kier molecular flexibility index (Phi) is 3.03. The number of nitrogen functional groups attached to an aromatic ring is 1. The van der Waals surface area contributed by atoms with Gasteiger partial charge in [0.2, 0.25) is 16.0 Å². The third-order valence-corrected chi connectivity index (χ3v) is 3.68. The number of sulfonamides is 1. The van der Waals surface area contributed by atoms with Crippen LogP contribution >= 0.6 is 0 Å². The second kappa shape index (κ2) is 4.32. The van der Waals surface area contributed by atoms with E-state index in [9.17, 15) is 8.42 Å². The van der Waals surface area contributed by atoms with Gasteiger partial charge in [0.25, 0.3) is 0 Å². The van der Waals surface area contributed by atoms with Gasteiger partial charge in [-0.3, -0.25) is 0 Å². The van der Waals surface area contributed by atoms with E-state index in [-0.39, 0.29) is 16.9 Å². The van der Waals surface area contributed by atoms with Gasteiger partial charge in [-0.15, -0.1) is 0 Å². The summed E-state index contributed by atoms with van der Waals surface area (Å²) in [6.07, 6.45) is 3.04. The highest BCUT2D eigenvalue weighted by atomic mass is 32.2. The van der Waals surface area contributed by atoms with Crippen molar-refractivity contribution in [3.05, 3.63) is 12.4 Å². The van der Waals surface area contributed by atoms with Crippen molar-refractivity contribution >= 4 is 16.0 Å². The summed E-state index contributed by atoms with van der Waals surface area (Å²) in [5.74, 6) is 0.0446. The number of nitrogens with one attached hydrogen (secondary N) is 1. The Bertz CT molecular complexity index is 453. The molecule has 0 spiro atoms. The zero-order valence-corrected chi connectivity index (χ0v) is 9.27. The zero-order chi connectivity index (χ0) is 11.6. The van der Waals surface area contributed by atoms with E-state index in [1.807, 2.05) is 0 Å². The van der Waals surface area contributed by atoms with Crippen LogP contribution in [0.4, 0.5) is 5.95 Å². The van der Waals surface area contributed by atoms with Gasteiger partial charge in [0.05, 0.1) is 19.0 Å². The molecule has 16 heavy (non-hydrogen) atoms. The molecule has 1 aliphatic rings. The first-order chi connectivity index (χ1) is 7.58. The van der Waals surface area contributed by atoms with E-state index in [4.69, 9.17) is 10.5 Å². The first-order valence-corrected chi connectivity index (χ1v) is 6.24. The van der Waals surface area contributed by atoms with Crippen LogP contribution in [0, 0.1) is 0 Å². The third kappa shape index (κ3) is 2.46. The summed E-state index contributed by atoms with van der Waals surface area (Å²) in [6, 6.07) is -0.178. The Hall–Kier alpha value is -1.25. The summed E-state index contributed by atoms with van der Waals surface area (Å²) in [6.45, 7) is 0.973. The Morgan fingerprint density at radius 2 is 2.12 bits per heavy atom. The molecule has 0 bridgehead atoms. The molecule has 88 valence electrons. The number of ether oxygens (including phenoxy) is 1. The molecule has 0 radical (unpaired) electrons. The maximum atomic E-state index is 11.8. The van der Waals surface area contributed by atoms with Crippen molar-refractivity contribution in [3.63, 3.8) is 0 Å². The topological polar surface area (TPSA) is 107 Å². The fraction of sp³-hybridized carbons (Fsp3) is 0.500. The number of hydrogen-bond donors (Lipinski definition) is 2. The number of aromatic nitrogens is 2. The summed E-state index contributed by atoms with van der Waals surface area (Å²) in [5, 5.41) is 0. The van der Waals surface area contributed by atoms with Gasteiger partial charge in [-0.25, -0.2) is 23.1 Å². The summed E-state index contributed by atoms with van der Waals surface area (Å²) < 4.78 is 31.2. The molecule has 1 aromatic rings. The predicted octanol–water partition coefficient (Wildman–Crippen LogP) is -0.874. The molecule has 0 aliphatic carbocycles. The molecule has 1 aromatic heterocycles. The summed E-state index contributed by atoms with van der Waals surface area (Å²) in [7, 11) is -3.57. The molecule has 7 nitrogen and oxygen atoms in total. The Morgan fingerprint density at radius 3 is 2.69 bits per heavy atom. The summed E-state index contributed by atoms with van der Waals surface area (Å²) in [4.78, 5) is 7.28. The maximum absolute atomic E-state index is 11.8.